The van der Waals surface area contributed by atoms with Gasteiger partial charge in [0, 0.05) is 12.6 Å². The summed E-state index contributed by atoms with van der Waals surface area (Å²) in [7, 11) is 0. The molecule has 0 amide bonds. The Morgan fingerprint density at radius 3 is 2.70 bits per heavy atom. The molecule has 2 rings (SSSR count). The third kappa shape index (κ3) is 3.55. The van der Waals surface area contributed by atoms with Crippen LogP contribution in [0.2, 0.25) is 0 Å². The summed E-state index contributed by atoms with van der Waals surface area (Å²) in [5.41, 5.74) is -0.621. The van der Waals surface area contributed by atoms with E-state index < -0.39 is 30.3 Å². The fourth-order valence-corrected chi connectivity index (χ4v) is 1.91. The second kappa shape index (κ2) is 5.88. The lowest BCUT2D eigenvalue weighted by atomic mass is 10.0. The van der Waals surface area contributed by atoms with Crippen LogP contribution in [0.15, 0.2) is 40.6 Å². The first-order valence-corrected chi connectivity index (χ1v) is 6.01. The summed E-state index contributed by atoms with van der Waals surface area (Å²) in [6.07, 6.45) is -1.68. The third-order valence-corrected chi connectivity index (χ3v) is 2.90. The van der Waals surface area contributed by atoms with E-state index >= 15 is 0 Å². The second-order valence-electron chi connectivity index (χ2n) is 4.44. The van der Waals surface area contributed by atoms with Gasteiger partial charge in [-0.15, -0.1) is 0 Å². The number of allylic oxidation sites excluding steroid dienone is 1. The molecule has 20 heavy (non-hydrogen) atoms. The lowest BCUT2D eigenvalue weighted by molar-refractivity contribution is -0.0945. The molecular formula is C13H13F4NO2. The van der Waals surface area contributed by atoms with Gasteiger partial charge in [-0.1, -0.05) is 12.2 Å². The third-order valence-electron chi connectivity index (χ3n) is 2.90. The number of hydrogen-bond acceptors (Lipinski definition) is 3. The fraction of sp³-hybridized carbons (Fsp3) is 0.462. The Morgan fingerprint density at radius 1 is 1.35 bits per heavy atom. The number of aliphatic imine (C=N–C) groups is 1. The molecule has 0 radical (unpaired) electrons. The summed E-state index contributed by atoms with van der Waals surface area (Å²) < 4.78 is 56.5. The molecule has 0 saturated carbocycles. The monoisotopic (exact) mass is 291 g/mol. The Bertz CT molecular complexity index is 479. The number of rotatable bonds is 3. The van der Waals surface area contributed by atoms with Crippen molar-refractivity contribution in [3.8, 4) is 0 Å². The number of hydrogen-bond donors (Lipinski definition) is 1. The molecule has 0 spiro atoms. The standard InChI is InChI=1S/C13H13F4NO2/c14-10-5-8(7-19)1-2-11(10)20-9-3-4-18-12(6-9)13(15,16)17/h1-2,4-6,9-11,19H,3,7H2. The molecule has 0 aromatic heterocycles. The van der Waals surface area contributed by atoms with E-state index in [2.05, 4.69) is 4.99 Å². The molecule has 1 heterocycles. The van der Waals surface area contributed by atoms with Gasteiger partial charge in [-0.3, -0.25) is 4.99 Å². The van der Waals surface area contributed by atoms with Gasteiger partial charge in [-0.25, -0.2) is 4.39 Å². The Balaban J connectivity index is 2.02. The average Bonchev–Trinajstić information content (AvgIpc) is 2.40. The number of ether oxygens (including phenoxy) is 1. The van der Waals surface area contributed by atoms with Crippen molar-refractivity contribution >= 4 is 6.21 Å². The van der Waals surface area contributed by atoms with Crippen LogP contribution in [0.1, 0.15) is 6.42 Å². The highest BCUT2D eigenvalue weighted by Crippen LogP contribution is 2.30. The minimum absolute atomic E-state index is 0.160. The van der Waals surface area contributed by atoms with Gasteiger partial charge in [0.15, 0.2) is 0 Å². The van der Waals surface area contributed by atoms with Crippen molar-refractivity contribution in [1.82, 2.24) is 0 Å². The smallest absolute Gasteiger partial charge is 0.392 e. The maximum absolute atomic E-state index is 13.7. The topological polar surface area (TPSA) is 41.8 Å². The summed E-state index contributed by atoms with van der Waals surface area (Å²) in [4.78, 5) is 3.26. The van der Waals surface area contributed by atoms with Crippen LogP contribution in [0.5, 0.6) is 0 Å². The van der Waals surface area contributed by atoms with Crippen molar-refractivity contribution in [2.75, 3.05) is 6.61 Å². The van der Waals surface area contributed by atoms with Crippen LogP contribution in [0.25, 0.3) is 0 Å². The van der Waals surface area contributed by atoms with Crippen molar-refractivity contribution in [2.24, 2.45) is 4.99 Å². The lowest BCUT2D eigenvalue weighted by Crippen LogP contribution is -2.31. The summed E-state index contributed by atoms with van der Waals surface area (Å²) in [6, 6.07) is 0. The number of aliphatic hydroxyl groups excluding tert-OH is 1. The predicted octanol–water partition coefficient (Wildman–Crippen LogP) is 2.49. The van der Waals surface area contributed by atoms with E-state index in [0.29, 0.717) is 5.57 Å². The molecular weight excluding hydrogens is 278 g/mol. The van der Waals surface area contributed by atoms with Crippen molar-refractivity contribution in [3.05, 3.63) is 35.6 Å². The second-order valence-corrected chi connectivity index (χ2v) is 4.44. The average molecular weight is 291 g/mol. The highest BCUT2D eigenvalue weighted by Gasteiger charge is 2.36. The molecule has 7 heteroatoms. The molecule has 3 unspecified atom stereocenters. The Kier molecular flexibility index (Phi) is 4.39. The first-order chi connectivity index (χ1) is 9.40. The number of halogens is 4. The molecule has 1 N–H and O–H groups in total. The fourth-order valence-electron chi connectivity index (χ4n) is 1.91. The van der Waals surface area contributed by atoms with Gasteiger partial charge in [-0.2, -0.15) is 13.2 Å². The van der Waals surface area contributed by atoms with Gasteiger partial charge in [0.25, 0.3) is 0 Å². The summed E-state index contributed by atoms with van der Waals surface area (Å²) in [5.74, 6) is 0. The molecule has 2 aliphatic rings. The van der Waals surface area contributed by atoms with Crippen molar-refractivity contribution in [3.63, 3.8) is 0 Å². The van der Waals surface area contributed by atoms with Crippen LogP contribution in [0, 0.1) is 0 Å². The van der Waals surface area contributed by atoms with E-state index in [9.17, 15) is 17.6 Å². The molecule has 1 aliphatic carbocycles. The molecule has 3 atom stereocenters. The molecule has 0 aromatic carbocycles. The lowest BCUT2D eigenvalue weighted by Gasteiger charge is -2.25. The van der Waals surface area contributed by atoms with Gasteiger partial charge in [-0.05, 0) is 17.7 Å². The summed E-state index contributed by atoms with van der Waals surface area (Å²) >= 11 is 0. The Labute approximate surface area is 113 Å². The van der Waals surface area contributed by atoms with Crippen LogP contribution in [-0.4, -0.2) is 42.5 Å². The Hall–Kier alpha value is -1.47. The molecule has 0 saturated heterocycles. The maximum Gasteiger partial charge on any atom is 0.433 e. The highest BCUT2D eigenvalue weighted by atomic mass is 19.4. The SMILES string of the molecule is OCC1=CC(F)C(OC2C=C(C(F)(F)F)N=CC2)C=C1. The summed E-state index contributed by atoms with van der Waals surface area (Å²) in [6.45, 7) is -0.294. The van der Waals surface area contributed by atoms with E-state index in [1.54, 1.807) is 0 Å². The van der Waals surface area contributed by atoms with Gasteiger partial charge in [0.05, 0.1) is 12.7 Å². The van der Waals surface area contributed by atoms with Crippen LogP contribution in [0.4, 0.5) is 17.6 Å². The molecule has 3 nitrogen and oxygen atoms in total. The minimum atomic E-state index is -4.54. The number of nitrogens with zero attached hydrogens (tertiary/aromatic N) is 1. The quantitative estimate of drug-likeness (QED) is 0.812. The van der Waals surface area contributed by atoms with Gasteiger partial charge < -0.3 is 9.84 Å². The number of aliphatic hydroxyl groups is 1. The van der Waals surface area contributed by atoms with Crippen LogP contribution >= 0.6 is 0 Å². The van der Waals surface area contributed by atoms with Crippen molar-refractivity contribution in [1.29, 1.82) is 0 Å². The molecule has 0 bridgehead atoms. The number of alkyl halides is 4. The zero-order valence-corrected chi connectivity index (χ0v) is 10.3. The van der Waals surface area contributed by atoms with Gasteiger partial charge >= 0.3 is 6.18 Å². The van der Waals surface area contributed by atoms with Crippen molar-refractivity contribution < 1.29 is 27.4 Å². The zero-order valence-electron chi connectivity index (χ0n) is 10.3. The normalized spacial score (nSPS) is 30.1. The van der Waals surface area contributed by atoms with Crippen molar-refractivity contribution in [2.45, 2.75) is 31.0 Å². The predicted molar refractivity (Wildman–Crippen MR) is 65.1 cm³/mol. The van der Waals surface area contributed by atoms with Crippen LogP contribution in [-0.2, 0) is 4.74 Å². The first kappa shape index (κ1) is 14.9. The van der Waals surface area contributed by atoms with Crippen LogP contribution in [0.3, 0.4) is 0 Å². The van der Waals surface area contributed by atoms with E-state index in [0.717, 1.165) is 12.3 Å². The zero-order chi connectivity index (χ0) is 14.8. The molecule has 110 valence electrons. The molecule has 0 fully saturated rings. The van der Waals surface area contributed by atoms with E-state index in [-0.39, 0.29) is 13.0 Å². The van der Waals surface area contributed by atoms with Crippen LogP contribution < -0.4 is 0 Å². The largest absolute Gasteiger partial charge is 0.433 e. The summed E-state index contributed by atoms with van der Waals surface area (Å²) in [5, 5.41) is 8.86. The van der Waals surface area contributed by atoms with E-state index in [1.165, 1.54) is 18.2 Å². The van der Waals surface area contributed by atoms with E-state index in [1.807, 2.05) is 0 Å². The minimum Gasteiger partial charge on any atom is -0.392 e. The Morgan fingerprint density at radius 2 is 2.10 bits per heavy atom. The van der Waals surface area contributed by atoms with Gasteiger partial charge in [0.2, 0.25) is 0 Å². The van der Waals surface area contributed by atoms with E-state index in [4.69, 9.17) is 9.84 Å². The first-order valence-electron chi connectivity index (χ1n) is 6.01. The molecule has 0 aromatic rings. The maximum atomic E-state index is 13.7. The highest BCUT2D eigenvalue weighted by molar-refractivity contribution is 5.62. The van der Waals surface area contributed by atoms with Gasteiger partial charge in [0.1, 0.15) is 18.0 Å². The molecule has 1 aliphatic heterocycles.